The van der Waals surface area contributed by atoms with Gasteiger partial charge in [-0.2, -0.15) is 0 Å². The molecule has 0 spiro atoms. The monoisotopic (exact) mass is 513 g/mol. The summed E-state index contributed by atoms with van der Waals surface area (Å²) < 4.78 is 7.19. The molecule has 4 rings (SSSR count). The largest absolute Gasteiger partial charge is 0.489 e. The zero-order valence-corrected chi connectivity index (χ0v) is 19.3. The molecule has 0 atom stereocenters. The molecule has 1 amide bonds. The van der Waals surface area contributed by atoms with E-state index in [0.717, 1.165) is 48.8 Å². The van der Waals surface area contributed by atoms with Crippen molar-refractivity contribution in [1.29, 1.82) is 0 Å². The topological polar surface area (TPSA) is 66.8 Å². The lowest BCUT2D eigenvalue weighted by molar-refractivity contribution is -0.140. The van der Waals surface area contributed by atoms with E-state index in [9.17, 15) is 9.59 Å². The molecule has 0 aliphatic carbocycles. The first-order chi connectivity index (χ1) is 14.9. The molecule has 3 aromatic carbocycles. The third-order valence-corrected chi connectivity index (χ3v) is 6.53. The minimum absolute atomic E-state index is 0.256. The lowest BCUT2D eigenvalue weighted by Gasteiger charge is -2.10. The van der Waals surface area contributed by atoms with Gasteiger partial charge in [0.1, 0.15) is 23.2 Å². The summed E-state index contributed by atoms with van der Waals surface area (Å²) in [4.78, 5) is 24.9. The minimum atomic E-state index is -1.10. The van der Waals surface area contributed by atoms with Crippen LogP contribution in [0.1, 0.15) is 11.1 Å². The van der Waals surface area contributed by atoms with E-state index in [2.05, 4.69) is 15.9 Å². The van der Waals surface area contributed by atoms with Gasteiger partial charge >= 0.3 is 5.97 Å². The van der Waals surface area contributed by atoms with Crippen molar-refractivity contribution in [3.63, 3.8) is 0 Å². The van der Waals surface area contributed by atoms with E-state index in [1.165, 1.54) is 0 Å². The number of thioether (sulfide) groups is 1. The van der Waals surface area contributed by atoms with Crippen LogP contribution in [0.25, 0.3) is 16.8 Å². The number of carboxylic acid groups (broad SMARTS) is 1. The summed E-state index contributed by atoms with van der Waals surface area (Å²) >= 11 is 9.67. The third-order valence-electron chi connectivity index (χ3n) is 4.62. The molecule has 1 fully saturated rings. The molecule has 0 saturated carbocycles. The van der Waals surface area contributed by atoms with Gasteiger partial charge in [-0.25, -0.2) is 0 Å². The number of halogens is 1. The smallest absolute Gasteiger partial charge is 0.323 e. The molecular weight excluding hydrogens is 498 g/mol. The highest BCUT2D eigenvalue weighted by molar-refractivity contribution is 9.10. The van der Waals surface area contributed by atoms with Gasteiger partial charge in [0.15, 0.2) is 0 Å². The molecule has 3 aromatic rings. The van der Waals surface area contributed by atoms with Gasteiger partial charge in [-0.3, -0.25) is 14.5 Å². The first kappa shape index (κ1) is 21.5. The van der Waals surface area contributed by atoms with Gasteiger partial charge in [0.25, 0.3) is 5.91 Å². The van der Waals surface area contributed by atoms with Crippen LogP contribution in [0.15, 0.2) is 70.0 Å². The predicted octanol–water partition coefficient (Wildman–Crippen LogP) is 5.47. The number of aliphatic carboxylic acids is 1. The van der Waals surface area contributed by atoms with Crippen LogP contribution in [-0.2, 0) is 16.2 Å². The Kier molecular flexibility index (Phi) is 6.41. The molecule has 1 aliphatic rings. The fourth-order valence-corrected chi connectivity index (χ4v) is 4.61. The molecular formula is C23H16BrNO4S2. The Morgan fingerprint density at radius 1 is 1.10 bits per heavy atom. The molecule has 0 bridgehead atoms. The summed E-state index contributed by atoms with van der Waals surface area (Å²) in [7, 11) is 0. The first-order valence-corrected chi connectivity index (χ1v) is 11.3. The normalized spacial score (nSPS) is 15.1. The van der Waals surface area contributed by atoms with Crippen LogP contribution in [0.2, 0.25) is 0 Å². The molecule has 0 aromatic heterocycles. The standard InChI is InChI=1S/C23H16BrNO4S2/c24-18-6-2-14(3-7-18)13-29-19-8-5-16-9-15(1-4-17(16)11-19)10-20-22(28)25(12-21(26)27)23(30)31-20/h1-11H,12-13H2,(H,26,27)/b20-10-. The van der Waals surface area contributed by atoms with Crippen molar-refractivity contribution >= 4 is 73.0 Å². The van der Waals surface area contributed by atoms with Crippen molar-refractivity contribution in [1.82, 2.24) is 4.90 Å². The predicted molar refractivity (Wildman–Crippen MR) is 130 cm³/mol. The molecule has 8 heteroatoms. The number of hydrogen-bond acceptors (Lipinski definition) is 5. The van der Waals surface area contributed by atoms with E-state index in [-0.39, 0.29) is 10.2 Å². The van der Waals surface area contributed by atoms with Crippen molar-refractivity contribution in [2.45, 2.75) is 6.61 Å². The molecule has 0 unspecified atom stereocenters. The summed E-state index contributed by atoms with van der Waals surface area (Å²) in [6, 6.07) is 19.7. The molecule has 156 valence electrons. The van der Waals surface area contributed by atoms with Gasteiger partial charge in [0, 0.05) is 4.47 Å². The second kappa shape index (κ2) is 9.21. The van der Waals surface area contributed by atoms with Crippen LogP contribution in [-0.4, -0.2) is 32.7 Å². The number of ether oxygens (including phenoxy) is 1. The number of benzene rings is 3. The third kappa shape index (κ3) is 5.15. The van der Waals surface area contributed by atoms with E-state index in [1.54, 1.807) is 6.08 Å². The maximum Gasteiger partial charge on any atom is 0.323 e. The Balaban J connectivity index is 1.50. The van der Waals surface area contributed by atoms with Gasteiger partial charge in [0.2, 0.25) is 0 Å². The Hall–Kier alpha value is -2.68. The highest BCUT2D eigenvalue weighted by Crippen LogP contribution is 2.33. The number of fused-ring (bicyclic) bond motifs is 1. The van der Waals surface area contributed by atoms with Gasteiger partial charge < -0.3 is 9.84 Å². The van der Waals surface area contributed by atoms with Gasteiger partial charge in [-0.05, 0) is 58.3 Å². The molecule has 1 N–H and O–H groups in total. The van der Waals surface area contributed by atoms with Crippen LogP contribution in [0, 0.1) is 0 Å². The van der Waals surface area contributed by atoms with E-state index in [0.29, 0.717) is 11.5 Å². The van der Waals surface area contributed by atoms with E-state index in [4.69, 9.17) is 22.1 Å². The van der Waals surface area contributed by atoms with Gasteiger partial charge in [-0.15, -0.1) is 0 Å². The van der Waals surface area contributed by atoms with Crippen molar-refractivity contribution < 1.29 is 19.4 Å². The number of nitrogens with zero attached hydrogens (tertiary/aromatic N) is 1. The number of carbonyl (C=O) groups excluding carboxylic acids is 1. The molecule has 1 aliphatic heterocycles. The number of thiocarbonyl (C=S) groups is 1. The van der Waals surface area contributed by atoms with Crippen LogP contribution < -0.4 is 4.74 Å². The highest BCUT2D eigenvalue weighted by Gasteiger charge is 2.33. The SMILES string of the molecule is O=C(O)CN1C(=O)/C(=C/c2ccc3cc(OCc4ccc(Br)cc4)ccc3c2)SC1=S. The maximum atomic E-state index is 12.4. The zero-order valence-electron chi connectivity index (χ0n) is 16.1. The number of hydrogen-bond donors (Lipinski definition) is 1. The van der Waals surface area contributed by atoms with Crippen LogP contribution >= 0.6 is 39.9 Å². The van der Waals surface area contributed by atoms with Crippen LogP contribution in [0.4, 0.5) is 0 Å². The minimum Gasteiger partial charge on any atom is -0.489 e. The lowest BCUT2D eigenvalue weighted by atomic mass is 10.1. The summed E-state index contributed by atoms with van der Waals surface area (Å²) in [6.45, 7) is 0.0534. The Morgan fingerprint density at radius 3 is 2.55 bits per heavy atom. The Bertz CT molecular complexity index is 1220. The summed E-state index contributed by atoms with van der Waals surface area (Å²) in [5.74, 6) is -0.701. The van der Waals surface area contributed by atoms with Crippen molar-refractivity contribution in [3.8, 4) is 5.75 Å². The average molecular weight is 514 g/mol. The van der Waals surface area contributed by atoms with E-state index in [1.807, 2.05) is 60.7 Å². The molecule has 1 saturated heterocycles. The fraction of sp³-hybridized carbons (Fsp3) is 0.0870. The average Bonchev–Trinajstić information content (AvgIpc) is 3.00. The molecule has 1 heterocycles. The highest BCUT2D eigenvalue weighted by atomic mass is 79.9. The Labute approximate surface area is 196 Å². The maximum absolute atomic E-state index is 12.4. The number of rotatable bonds is 6. The van der Waals surface area contributed by atoms with Gasteiger partial charge in [0.05, 0.1) is 4.91 Å². The summed E-state index contributed by atoms with van der Waals surface area (Å²) in [6.07, 6.45) is 1.73. The zero-order chi connectivity index (χ0) is 22.0. The van der Waals surface area contributed by atoms with Crippen molar-refractivity contribution in [2.24, 2.45) is 0 Å². The van der Waals surface area contributed by atoms with Crippen molar-refractivity contribution in [2.75, 3.05) is 6.54 Å². The van der Waals surface area contributed by atoms with Crippen molar-refractivity contribution in [3.05, 3.63) is 81.2 Å². The quantitative estimate of drug-likeness (QED) is 0.348. The van der Waals surface area contributed by atoms with Crippen LogP contribution in [0.5, 0.6) is 5.75 Å². The summed E-state index contributed by atoms with van der Waals surface area (Å²) in [5, 5.41) is 11.0. The molecule has 5 nitrogen and oxygen atoms in total. The second-order valence-electron chi connectivity index (χ2n) is 6.85. The second-order valence-corrected chi connectivity index (χ2v) is 9.44. The molecule has 0 radical (unpaired) electrons. The number of amides is 1. The number of carboxylic acids is 1. The van der Waals surface area contributed by atoms with E-state index < -0.39 is 12.5 Å². The first-order valence-electron chi connectivity index (χ1n) is 9.27. The fourth-order valence-electron chi connectivity index (χ4n) is 3.09. The van der Waals surface area contributed by atoms with E-state index >= 15 is 0 Å². The molecule has 31 heavy (non-hydrogen) atoms. The van der Waals surface area contributed by atoms with Crippen LogP contribution in [0.3, 0.4) is 0 Å². The summed E-state index contributed by atoms with van der Waals surface area (Å²) in [5.41, 5.74) is 1.92. The Morgan fingerprint density at radius 2 is 1.81 bits per heavy atom. The number of carbonyl (C=O) groups is 2. The van der Waals surface area contributed by atoms with Gasteiger partial charge in [-0.1, -0.05) is 70.2 Å². The lowest BCUT2D eigenvalue weighted by Crippen LogP contribution is -2.33.